The smallest absolute Gasteiger partial charge is 0.410 e. The molecule has 31 heavy (non-hydrogen) atoms. The van der Waals surface area contributed by atoms with Crippen LogP contribution in [0.25, 0.3) is 0 Å². The van der Waals surface area contributed by atoms with Crippen LogP contribution in [0.2, 0.25) is 0 Å². The maximum atomic E-state index is 12.7. The van der Waals surface area contributed by atoms with Crippen LogP contribution in [0.15, 0.2) is 60.7 Å². The highest BCUT2D eigenvalue weighted by atomic mass is 16.6. The van der Waals surface area contributed by atoms with Crippen LogP contribution in [-0.4, -0.2) is 53.4 Å². The lowest BCUT2D eigenvalue weighted by molar-refractivity contribution is -0.129. The van der Waals surface area contributed by atoms with E-state index in [2.05, 4.69) is 5.32 Å². The van der Waals surface area contributed by atoms with Crippen LogP contribution in [0.1, 0.15) is 24.8 Å². The molecule has 0 aromatic heterocycles. The topological polar surface area (TPSA) is 79.0 Å². The van der Waals surface area contributed by atoms with Gasteiger partial charge in [-0.25, -0.2) is 4.79 Å². The zero-order chi connectivity index (χ0) is 21.6. The molecule has 2 saturated heterocycles. The quantitative estimate of drug-likeness (QED) is 0.805. The predicted molar refractivity (Wildman–Crippen MR) is 115 cm³/mol. The first-order chi connectivity index (χ1) is 15.1. The minimum atomic E-state index is -0.367. The molecular formula is C24H27N3O4. The van der Waals surface area contributed by atoms with Gasteiger partial charge in [0.1, 0.15) is 5.75 Å². The average molecular weight is 421 g/mol. The molecule has 162 valence electrons. The van der Waals surface area contributed by atoms with Crippen molar-refractivity contribution < 1.29 is 19.1 Å². The normalized spacial score (nSPS) is 19.4. The summed E-state index contributed by atoms with van der Waals surface area (Å²) in [5, 5.41) is 3.08. The molecule has 0 aliphatic carbocycles. The van der Waals surface area contributed by atoms with Gasteiger partial charge in [-0.3, -0.25) is 9.59 Å². The average Bonchev–Trinajstić information content (AvgIpc) is 3.16. The number of amides is 3. The standard InChI is InChI=1S/C24H27N3O4/c28-22-15-19(17-27(22)16-18-7-3-1-4-8-18)23(29)25-20-11-13-26(14-12-20)24(30)31-21-9-5-2-6-10-21/h1-10,19-20H,11-17H2,(H,25,29). The molecule has 4 rings (SSSR count). The van der Waals surface area contributed by atoms with Crippen molar-refractivity contribution in [3.63, 3.8) is 0 Å². The van der Waals surface area contributed by atoms with Gasteiger partial charge in [-0.2, -0.15) is 0 Å². The maximum absolute atomic E-state index is 12.7. The molecule has 0 radical (unpaired) electrons. The number of rotatable bonds is 5. The van der Waals surface area contributed by atoms with Crippen molar-refractivity contribution >= 4 is 17.9 Å². The Kier molecular flexibility index (Phi) is 6.50. The van der Waals surface area contributed by atoms with Crippen molar-refractivity contribution in [2.24, 2.45) is 5.92 Å². The highest BCUT2D eigenvalue weighted by Crippen LogP contribution is 2.22. The van der Waals surface area contributed by atoms with E-state index in [0.717, 1.165) is 5.56 Å². The van der Waals surface area contributed by atoms with Crippen LogP contribution < -0.4 is 10.1 Å². The number of carbonyl (C=O) groups excluding carboxylic acids is 3. The Bertz CT molecular complexity index is 911. The Hall–Kier alpha value is -3.35. The summed E-state index contributed by atoms with van der Waals surface area (Å²) >= 11 is 0. The lowest BCUT2D eigenvalue weighted by Crippen LogP contribution is -2.48. The second-order valence-corrected chi connectivity index (χ2v) is 8.11. The Morgan fingerprint density at radius 3 is 2.29 bits per heavy atom. The highest BCUT2D eigenvalue weighted by molar-refractivity contribution is 5.89. The number of likely N-dealkylation sites (tertiary alicyclic amines) is 2. The molecule has 2 aromatic rings. The second-order valence-electron chi connectivity index (χ2n) is 8.11. The van der Waals surface area contributed by atoms with E-state index in [0.29, 0.717) is 44.8 Å². The van der Waals surface area contributed by atoms with E-state index in [1.165, 1.54) is 0 Å². The Morgan fingerprint density at radius 1 is 0.968 bits per heavy atom. The molecule has 7 heteroatoms. The fraction of sp³-hybridized carbons (Fsp3) is 0.375. The van der Waals surface area contributed by atoms with Gasteiger partial charge in [0.2, 0.25) is 11.8 Å². The van der Waals surface area contributed by atoms with Gasteiger partial charge < -0.3 is 19.9 Å². The van der Waals surface area contributed by atoms with E-state index < -0.39 is 0 Å². The van der Waals surface area contributed by atoms with Crippen LogP contribution in [-0.2, 0) is 16.1 Å². The molecule has 2 aromatic carbocycles. The van der Waals surface area contributed by atoms with E-state index in [1.807, 2.05) is 48.5 Å². The second kappa shape index (κ2) is 9.64. The first-order valence-electron chi connectivity index (χ1n) is 10.7. The molecule has 2 aliphatic heterocycles. The lowest BCUT2D eigenvalue weighted by atomic mass is 10.0. The van der Waals surface area contributed by atoms with Gasteiger partial charge in [0, 0.05) is 38.6 Å². The molecule has 0 spiro atoms. The summed E-state index contributed by atoms with van der Waals surface area (Å²) < 4.78 is 5.38. The molecule has 2 heterocycles. The zero-order valence-corrected chi connectivity index (χ0v) is 17.4. The monoisotopic (exact) mass is 421 g/mol. The number of hydrogen-bond acceptors (Lipinski definition) is 4. The largest absolute Gasteiger partial charge is 0.415 e. The maximum Gasteiger partial charge on any atom is 0.415 e. The van der Waals surface area contributed by atoms with Gasteiger partial charge in [-0.1, -0.05) is 48.5 Å². The fourth-order valence-electron chi connectivity index (χ4n) is 4.08. The van der Waals surface area contributed by atoms with Crippen molar-refractivity contribution in [3.8, 4) is 5.75 Å². The highest BCUT2D eigenvalue weighted by Gasteiger charge is 2.35. The number of hydrogen-bond donors (Lipinski definition) is 1. The predicted octanol–water partition coefficient (Wildman–Crippen LogP) is 2.81. The summed E-state index contributed by atoms with van der Waals surface area (Å²) in [5.74, 6) is 0.142. The molecule has 1 atom stereocenters. The van der Waals surface area contributed by atoms with Crippen molar-refractivity contribution in [1.29, 1.82) is 0 Å². The number of carbonyl (C=O) groups is 3. The SMILES string of the molecule is O=C(NC1CCN(C(=O)Oc2ccccc2)CC1)C1CC(=O)N(Cc2ccccc2)C1. The Balaban J connectivity index is 1.22. The van der Waals surface area contributed by atoms with Crippen LogP contribution in [0.5, 0.6) is 5.75 Å². The van der Waals surface area contributed by atoms with Gasteiger partial charge >= 0.3 is 6.09 Å². The van der Waals surface area contributed by atoms with Gasteiger partial charge in [-0.15, -0.1) is 0 Å². The minimum Gasteiger partial charge on any atom is -0.410 e. The summed E-state index contributed by atoms with van der Waals surface area (Å²) in [5.41, 5.74) is 1.06. The van der Waals surface area contributed by atoms with E-state index in [-0.39, 0.29) is 36.3 Å². The first kappa shape index (κ1) is 20.9. The van der Waals surface area contributed by atoms with E-state index in [4.69, 9.17) is 4.74 Å². The van der Waals surface area contributed by atoms with Crippen molar-refractivity contribution in [3.05, 3.63) is 66.2 Å². The summed E-state index contributed by atoms with van der Waals surface area (Å²) in [6.45, 7) is 2.04. The van der Waals surface area contributed by atoms with Gasteiger partial charge in [-0.05, 0) is 30.5 Å². The third-order valence-electron chi connectivity index (χ3n) is 5.85. The summed E-state index contributed by atoms with van der Waals surface area (Å²) in [6.07, 6.45) is 1.23. The van der Waals surface area contributed by atoms with Crippen molar-refractivity contribution in [2.45, 2.75) is 31.8 Å². The fourth-order valence-corrected chi connectivity index (χ4v) is 4.08. The van der Waals surface area contributed by atoms with Gasteiger partial charge in [0.15, 0.2) is 0 Å². The minimum absolute atomic E-state index is 0.00607. The molecule has 2 aliphatic rings. The van der Waals surface area contributed by atoms with Crippen LogP contribution in [0.3, 0.4) is 0 Å². The molecule has 7 nitrogen and oxygen atoms in total. The molecule has 2 fully saturated rings. The Labute approximate surface area is 182 Å². The van der Waals surface area contributed by atoms with E-state index >= 15 is 0 Å². The lowest BCUT2D eigenvalue weighted by Gasteiger charge is -2.32. The molecule has 1 unspecified atom stereocenters. The third-order valence-corrected chi connectivity index (χ3v) is 5.85. The van der Waals surface area contributed by atoms with Crippen molar-refractivity contribution in [1.82, 2.24) is 15.1 Å². The van der Waals surface area contributed by atoms with Gasteiger partial charge in [0.25, 0.3) is 0 Å². The number of benzene rings is 2. The number of ether oxygens (including phenoxy) is 1. The zero-order valence-electron chi connectivity index (χ0n) is 17.4. The summed E-state index contributed by atoms with van der Waals surface area (Å²) in [4.78, 5) is 40.8. The third kappa shape index (κ3) is 5.42. The number of piperidine rings is 1. The number of para-hydroxylation sites is 1. The number of nitrogens with zero attached hydrogens (tertiary/aromatic N) is 2. The molecule has 0 saturated carbocycles. The van der Waals surface area contributed by atoms with Crippen LogP contribution in [0.4, 0.5) is 4.79 Å². The molecule has 0 bridgehead atoms. The van der Waals surface area contributed by atoms with E-state index in [1.54, 1.807) is 21.9 Å². The van der Waals surface area contributed by atoms with Gasteiger partial charge in [0.05, 0.1) is 5.92 Å². The Morgan fingerprint density at radius 2 is 1.61 bits per heavy atom. The summed E-state index contributed by atoms with van der Waals surface area (Å²) in [7, 11) is 0. The van der Waals surface area contributed by atoms with Crippen molar-refractivity contribution in [2.75, 3.05) is 19.6 Å². The van der Waals surface area contributed by atoms with Crippen LogP contribution in [0, 0.1) is 5.92 Å². The molecule has 3 amide bonds. The molecular weight excluding hydrogens is 394 g/mol. The first-order valence-corrected chi connectivity index (χ1v) is 10.7. The van der Waals surface area contributed by atoms with E-state index in [9.17, 15) is 14.4 Å². The molecule has 1 N–H and O–H groups in total. The summed E-state index contributed by atoms with van der Waals surface area (Å²) in [6, 6.07) is 18.8. The number of nitrogens with one attached hydrogen (secondary N) is 1. The van der Waals surface area contributed by atoms with Crippen LogP contribution >= 0.6 is 0 Å².